The normalized spacial score (nSPS) is 11.4. The molecule has 0 saturated heterocycles. The molecule has 4 heterocycles. The van der Waals surface area contributed by atoms with E-state index in [1.807, 2.05) is 18.2 Å². The number of rotatable bonds is 5. The molecule has 0 unspecified atom stereocenters. The first-order valence-corrected chi connectivity index (χ1v) is 11.5. The van der Waals surface area contributed by atoms with Gasteiger partial charge in [-0.1, -0.05) is 23.7 Å². The van der Waals surface area contributed by atoms with Gasteiger partial charge in [0.05, 0.1) is 12.2 Å². The number of hydrogen-bond donors (Lipinski definition) is 3. The van der Waals surface area contributed by atoms with Gasteiger partial charge in [-0.05, 0) is 61.2 Å². The van der Waals surface area contributed by atoms with Crippen LogP contribution in [-0.4, -0.2) is 40.7 Å². The van der Waals surface area contributed by atoms with Gasteiger partial charge < -0.3 is 16.4 Å². The summed E-state index contributed by atoms with van der Waals surface area (Å²) in [4.78, 5) is 25.5. The van der Waals surface area contributed by atoms with Gasteiger partial charge >= 0.3 is 0 Å². The lowest BCUT2D eigenvalue weighted by Crippen LogP contribution is -2.30. The van der Waals surface area contributed by atoms with Crippen molar-refractivity contribution in [3.8, 4) is 11.8 Å². The first-order valence-electron chi connectivity index (χ1n) is 11.1. The third kappa shape index (κ3) is 5.44. The smallest absolute Gasteiger partial charge is 0.274 e. The maximum atomic E-state index is 13.0. The van der Waals surface area contributed by atoms with Crippen molar-refractivity contribution in [1.82, 2.24) is 40.1 Å². The summed E-state index contributed by atoms with van der Waals surface area (Å²) in [6, 6.07) is 15.6. The van der Waals surface area contributed by atoms with Crippen LogP contribution in [0.4, 0.5) is 17.3 Å². The quantitative estimate of drug-likeness (QED) is 0.303. The molecule has 0 radical (unpaired) electrons. The Morgan fingerprint density at radius 2 is 1.92 bits per heavy atom. The van der Waals surface area contributed by atoms with E-state index in [9.17, 15) is 4.79 Å². The molecule has 4 N–H and O–H groups in total. The second-order valence-corrected chi connectivity index (χ2v) is 8.27. The summed E-state index contributed by atoms with van der Waals surface area (Å²) in [6.45, 7) is 1.75. The van der Waals surface area contributed by atoms with Crippen LogP contribution in [0.2, 0.25) is 5.02 Å². The number of anilines is 3. The molecule has 1 aromatic carbocycles. The molecule has 0 saturated carbocycles. The molecule has 0 spiro atoms. The highest BCUT2D eigenvalue weighted by Gasteiger charge is 2.21. The summed E-state index contributed by atoms with van der Waals surface area (Å²) in [5, 5.41) is 19.5. The molecule has 0 aliphatic rings. The number of fused-ring (bicyclic) bond motifs is 1. The van der Waals surface area contributed by atoms with E-state index < -0.39 is 11.9 Å². The Hall–Kier alpha value is -5.08. The zero-order chi connectivity index (χ0) is 25.8. The SMILES string of the molecule is C[C@@H](NC(=O)c1nc(C#Cc2ccccn2)cnc1N)c1nnc2ccc(Nc3cccc(Cl)c3)nn12. The molecule has 0 aliphatic heterocycles. The average molecular weight is 511 g/mol. The number of carbonyl (C=O) groups excluding carboxylic acids is 1. The predicted octanol–water partition coefficient (Wildman–Crippen LogP) is 3.18. The van der Waals surface area contributed by atoms with E-state index in [0.717, 1.165) is 5.69 Å². The van der Waals surface area contributed by atoms with E-state index in [0.29, 0.717) is 28.0 Å². The highest BCUT2D eigenvalue weighted by atomic mass is 35.5. The van der Waals surface area contributed by atoms with Crippen molar-refractivity contribution in [1.29, 1.82) is 0 Å². The molecule has 11 nitrogen and oxygen atoms in total. The van der Waals surface area contributed by atoms with E-state index in [2.05, 4.69) is 52.7 Å². The molecule has 4 aromatic heterocycles. The lowest BCUT2D eigenvalue weighted by molar-refractivity contribution is 0.0933. The summed E-state index contributed by atoms with van der Waals surface area (Å²) in [7, 11) is 0. The Labute approximate surface area is 216 Å². The highest BCUT2D eigenvalue weighted by molar-refractivity contribution is 6.30. The van der Waals surface area contributed by atoms with Crippen LogP contribution in [-0.2, 0) is 0 Å². The fourth-order valence-corrected chi connectivity index (χ4v) is 3.57. The Morgan fingerprint density at radius 1 is 1.05 bits per heavy atom. The molecule has 0 fully saturated rings. The van der Waals surface area contributed by atoms with Crippen LogP contribution in [0.15, 0.2) is 67.0 Å². The van der Waals surface area contributed by atoms with Gasteiger partial charge in [-0.15, -0.1) is 15.3 Å². The predicted molar refractivity (Wildman–Crippen MR) is 138 cm³/mol. The summed E-state index contributed by atoms with van der Waals surface area (Å²) in [5.74, 6) is 6.12. The molecule has 0 aliphatic carbocycles. The van der Waals surface area contributed by atoms with Crippen molar-refractivity contribution < 1.29 is 4.79 Å². The largest absolute Gasteiger partial charge is 0.382 e. The molecule has 1 atom stereocenters. The average Bonchev–Trinajstić information content (AvgIpc) is 3.32. The van der Waals surface area contributed by atoms with Gasteiger partial charge in [0.1, 0.15) is 11.4 Å². The molecule has 0 bridgehead atoms. The summed E-state index contributed by atoms with van der Waals surface area (Å²) < 4.78 is 1.54. The van der Waals surface area contributed by atoms with Crippen molar-refractivity contribution in [2.75, 3.05) is 11.1 Å². The molecule has 1 amide bonds. The van der Waals surface area contributed by atoms with Crippen molar-refractivity contribution >= 4 is 40.5 Å². The Kier molecular flexibility index (Phi) is 6.56. The van der Waals surface area contributed by atoms with Gasteiger partial charge in [-0.25, -0.2) is 15.0 Å². The van der Waals surface area contributed by atoms with E-state index >= 15 is 0 Å². The van der Waals surface area contributed by atoms with Crippen molar-refractivity contribution in [2.45, 2.75) is 13.0 Å². The van der Waals surface area contributed by atoms with Gasteiger partial charge in [0.2, 0.25) is 0 Å². The number of pyridine rings is 1. The molecule has 5 aromatic rings. The molecule has 37 heavy (non-hydrogen) atoms. The van der Waals surface area contributed by atoms with Crippen molar-refractivity contribution in [3.05, 3.63) is 94.9 Å². The van der Waals surface area contributed by atoms with Crippen LogP contribution in [0.25, 0.3) is 5.65 Å². The van der Waals surface area contributed by atoms with E-state index in [-0.39, 0.29) is 17.2 Å². The van der Waals surface area contributed by atoms with Crippen LogP contribution < -0.4 is 16.4 Å². The number of nitrogens with one attached hydrogen (secondary N) is 2. The number of carbonyl (C=O) groups is 1. The number of nitrogen functional groups attached to an aromatic ring is 1. The van der Waals surface area contributed by atoms with Crippen molar-refractivity contribution in [2.24, 2.45) is 0 Å². The van der Waals surface area contributed by atoms with Gasteiger partial charge in [-0.2, -0.15) is 4.52 Å². The topological polar surface area (TPSA) is 149 Å². The van der Waals surface area contributed by atoms with Crippen LogP contribution in [0.3, 0.4) is 0 Å². The van der Waals surface area contributed by atoms with Gasteiger partial charge in [-0.3, -0.25) is 4.79 Å². The molecule has 182 valence electrons. The number of hydrogen-bond acceptors (Lipinski definition) is 9. The fourth-order valence-electron chi connectivity index (χ4n) is 3.38. The Morgan fingerprint density at radius 3 is 2.73 bits per heavy atom. The van der Waals surface area contributed by atoms with Crippen LogP contribution >= 0.6 is 11.6 Å². The van der Waals surface area contributed by atoms with Gasteiger partial charge in [0.15, 0.2) is 28.8 Å². The van der Waals surface area contributed by atoms with Crippen molar-refractivity contribution in [3.63, 3.8) is 0 Å². The second kappa shape index (κ2) is 10.3. The lowest BCUT2D eigenvalue weighted by atomic mass is 10.2. The summed E-state index contributed by atoms with van der Waals surface area (Å²) in [5.41, 5.74) is 8.01. The number of nitrogens with two attached hydrogens (primary N) is 1. The maximum Gasteiger partial charge on any atom is 0.274 e. The van der Waals surface area contributed by atoms with E-state index in [1.54, 1.807) is 54.0 Å². The van der Waals surface area contributed by atoms with Crippen LogP contribution in [0.5, 0.6) is 0 Å². The number of halogens is 1. The lowest BCUT2D eigenvalue weighted by Gasteiger charge is -2.13. The first kappa shape index (κ1) is 23.7. The minimum Gasteiger partial charge on any atom is -0.382 e. The Bertz CT molecular complexity index is 1660. The number of benzene rings is 1. The zero-order valence-corrected chi connectivity index (χ0v) is 20.2. The minimum absolute atomic E-state index is 0.0229. The third-order valence-electron chi connectivity index (χ3n) is 5.12. The molecular weight excluding hydrogens is 492 g/mol. The van der Waals surface area contributed by atoms with Gasteiger partial charge in [0.25, 0.3) is 5.91 Å². The van der Waals surface area contributed by atoms with E-state index in [4.69, 9.17) is 17.3 Å². The van der Waals surface area contributed by atoms with Crippen LogP contribution in [0, 0.1) is 11.8 Å². The Balaban J connectivity index is 1.35. The fraction of sp³-hybridized carbons (Fsp3) is 0.0800. The maximum absolute atomic E-state index is 13.0. The zero-order valence-electron chi connectivity index (χ0n) is 19.4. The monoisotopic (exact) mass is 510 g/mol. The van der Waals surface area contributed by atoms with Gasteiger partial charge in [0, 0.05) is 16.9 Å². The molecule has 12 heteroatoms. The van der Waals surface area contributed by atoms with E-state index in [1.165, 1.54) is 6.20 Å². The third-order valence-corrected chi connectivity index (χ3v) is 5.35. The first-order chi connectivity index (χ1) is 18.0. The summed E-state index contributed by atoms with van der Waals surface area (Å²) in [6.07, 6.45) is 3.04. The second-order valence-electron chi connectivity index (χ2n) is 7.83. The highest BCUT2D eigenvalue weighted by Crippen LogP contribution is 2.20. The number of aromatic nitrogens is 7. The summed E-state index contributed by atoms with van der Waals surface area (Å²) >= 11 is 6.07. The minimum atomic E-state index is -0.583. The molecular formula is C25H19ClN10O. The standard InChI is InChI=1S/C25H19ClN10O/c1-15(24-34-33-21-11-10-20(35-36(21)24)31-18-7-4-5-16(26)13-18)30-25(37)22-23(27)29-14-19(32-22)9-8-17-6-2-3-12-28-17/h2-7,10-15H,1H3,(H2,27,29)(H,30,37)(H,31,35)/t15-/m1/s1. The molecule has 5 rings (SSSR count). The van der Waals surface area contributed by atoms with Crippen LogP contribution in [0.1, 0.15) is 40.7 Å². The number of amides is 1. The number of nitrogens with zero attached hydrogens (tertiary/aromatic N) is 7.